The second kappa shape index (κ2) is 5.14. The van der Waals surface area contributed by atoms with Crippen LogP contribution in [0.25, 0.3) is 0 Å². The van der Waals surface area contributed by atoms with E-state index in [-0.39, 0.29) is 12.3 Å². The van der Waals surface area contributed by atoms with Crippen LogP contribution in [0.2, 0.25) is 0 Å². The van der Waals surface area contributed by atoms with Gasteiger partial charge in [0, 0.05) is 20.0 Å². The minimum absolute atomic E-state index is 0.0700. The van der Waals surface area contributed by atoms with Crippen molar-refractivity contribution in [1.29, 1.82) is 0 Å². The topological polar surface area (TPSA) is 86.3 Å². The lowest BCUT2D eigenvalue weighted by atomic mass is 10.3. The first-order valence-corrected chi connectivity index (χ1v) is 4.57. The molecule has 1 heterocycles. The third kappa shape index (κ3) is 3.41. The molecule has 0 aliphatic rings. The highest BCUT2D eigenvalue weighted by Crippen LogP contribution is 2.00. The van der Waals surface area contributed by atoms with Crippen molar-refractivity contribution in [3.63, 3.8) is 0 Å². The van der Waals surface area contributed by atoms with E-state index in [4.69, 9.17) is 5.11 Å². The molecule has 15 heavy (non-hydrogen) atoms. The molecule has 1 amide bonds. The number of carbonyl (C=O) groups is 2. The van der Waals surface area contributed by atoms with E-state index < -0.39 is 5.97 Å². The number of H-pyrrole nitrogens is 1. The number of amides is 1. The monoisotopic (exact) mass is 211 g/mol. The van der Waals surface area contributed by atoms with Gasteiger partial charge in [0.25, 0.3) is 5.91 Å². The zero-order valence-corrected chi connectivity index (χ0v) is 8.43. The summed E-state index contributed by atoms with van der Waals surface area (Å²) in [6, 6.07) is 0. The van der Waals surface area contributed by atoms with Gasteiger partial charge < -0.3 is 15.0 Å². The first-order chi connectivity index (χ1) is 7.11. The summed E-state index contributed by atoms with van der Waals surface area (Å²) in [6.45, 7) is 0.421. The fraction of sp³-hybridized carbons (Fsp3) is 0.444. The number of aromatic amines is 1. The molecule has 0 saturated heterocycles. The Hall–Kier alpha value is -1.85. The number of carboxylic acid groups (broad SMARTS) is 1. The molecule has 0 saturated carbocycles. The fourth-order valence-electron chi connectivity index (χ4n) is 1.15. The summed E-state index contributed by atoms with van der Waals surface area (Å²) < 4.78 is 0. The third-order valence-electron chi connectivity index (χ3n) is 1.96. The van der Waals surface area contributed by atoms with E-state index in [0.717, 1.165) is 0 Å². The van der Waals surface area contributed by atoms with Gasteiger partial charge in [0.2, 0.25) is 0 Å². The van der Waals surface area contributed by atoms with E-state index in [1.807, 2.05) is 0 Å². The van der Waals surface area contributed by atoms with Crippen LogP contribution in [0.3, 0.4) is 0 Å². The van der Waals surface area contributed by atoms with Crippen LogP contribution in [0.4, 0.5) is 0 Å². The van der Waals surface area contributed by atoms with Crippen LogP contribution in [0, 0.1) is 0 Å². The molecule has 2 N–H and O–H groups in total. The number of rotatable bonds is 5. The van der Waals surface area contributed by atoms with Gasteiger partial charge in [0.15, 0.2) is 0 Å². The molecule has 0 radical (unpaired) electrons. The molecule has 1 rings (SSSR count). The zero-order valence-electron chi connectivity index (χ0n) is 8.43. The van der Waals surface area contributed by atoms with Gasteiger partial charge in [-0.15, -0.1) is 0 Å². The molecule has 0 aromatic carbocycles. The first kappa shape index (κ1) is 11.2. The predicted molar refractivity (Wildman–Crippen MR) is 52.4 cm³/mol. The van der Waals surface area contributed by atoms with Gasteiger partial charge in [-0.1, -0.05) is 0 Å². The average molecular weight is 211 g/mol. The number of hydrogen-bond donors (Lipinski definition) is 2. The van der Waals surface area contributed by atoms with Crippen molar-refractivity contribution in [2.45, 2.75) is 12.8 Å². The number of aliphatic carboxylic acids is 1. The molecule has 0 aliphatic carbocycles. The predicted octanol–water partition coefficient (Wildman–Crippen LogP) is 0.346. The Morgan fingerprint density at radius 3 is 2.87 bits per heavy atom. The van der Waals surface area contributed by atoms with Gasteiger partial charge in [-0.05, 0) is 6.42 Å². The Kier molecular flexibility index (Phi) is 3.84. The number of nitrogens with one attached hydrogen (secondary N) is 1. The number of imidazole rings is 1. The number of aromatic nitrogens is 2. The van der Waals surface area contributed by atoms with Crippen LogP contribution in [0.5, 0.6) is 0 Å². The highest BCUT2D eigenvalue weighted by Gasteiger charge is 2.12. The van der Waals surface area contributed by atoms with Crippen LogP contribution >= 0.6 is 0 Å². The van der Waals surface area contributed by atoms with Gasteiger partial charge in [-0.2, -0.15) is 0 Å². The summed E-state index contributed by atoms with van der Waals surface area (Å²) in [6.07, 6.45) is 3.39. The Bertz CT molecular complexity index is 334. The maximum absolute atomic E-state index is 11.6. The molecule has 0 fully saturated rings. The van der Waals surface area contributed by atoms with Crippen molar-refractivity contribution in [3.05, 3.63) is 18.2 Å². The van der Waals surface area contributed by atoms with Gasteiger partial charge in [0.05, 0.1) is 12.5 Å². The number of nitrogens with zero attached hydrogens (tertiary/aromatic N) is 2. The lowest BCUT2D eigenvalue weighted by Gasteiger charge is -2.15. The lowest BCUT2D eigenvalue weighted by molar-refractivity contribution is -0.137. The molecule has 0 aliphatic heterocycles. The molecular weight excluding hydrogens is 198 g/mol. The highest BCUT2D eigenvalue weighted by molar-refractivity contribution is 5.91. The van der Waals surface area contributed by atoms with Gasteiger partial charge >= 0.3 is 5.97 Å². The summed E-state index contributed by atoms with van der Waals surface area (Å²) in [4.78, 5) is 29.8. The Morgan fingerprint density at radius 2 is 2.33 bits per heavy atom. The molecule has 0 bridgehead atoms. The SMILES string of the molecule is CN(CCCC(=O)O)C(=O)c1cnc[nH]1. The number of carboxylic acids is 1. The Morgan fingerprint density at radius 1 is 1.60 bits per heavy atom. The smallest absolute Gasteiger partial charge is 0.303 e. The molecule has 6 nitrogen and oxygen atoms in total. The standard InChI is InChI=1S/C9H13N3O3/c1-12(4-2-3-8(13)14)9(15)7-5-10-6-11-7/h5-6H,2-4H2,1H3,(H,10,11)(H,13,14). The van der Waals surface area contributed by atoms with E-state index in [0.29, 0.717) is 18.7 Å². The lowest BCUT2D eigenvalue weighted by Crippen LogP contribution is -2.28. The number of hydrogen-bond acceptors (Lipinski definition) is 3. The second-order valence-electron chi connectivity index (χ2n) is 3.19. The van der Waals surface area contributed by atoms with Crippen LogP contribution in [0.15, 0.2) is 12.5 Å². The summed E-state index contributed by atoms with van der Waals surface area (Å²) >= 11 is 0. The van der Waals surface area contributed by atoms with Crippen molar-refractivity contribution in [2.75, 3.05) is 13.6 Å². The molecular formula is C9H13N3O3. The van der Waals surface area contributed by atoms with E-state index in [2.05, 4.69) is 9.97 Å². The van der Waals surface area contributed by atoms with Gasteiger partial charge in [-0.25, -0.2) is 4.98 Å². The third-order valence-corrected chi connectivity index (χ3v) is 1.96. The first-order valence-electron chi connectivity index (χ1n) is 4.57. The Balaban J connectivity index is 2.37. The molecule has 6 heteroatoms. The molecule has 0 atom stereocenters. The van der Waals surface area contributed by atoms with Crippen LogP contribution in [-0.2, 0) is 4.79 Å². The normalized spacial score (nSPS) is 9.93. The Labute approximate surface area is 86.9 Å². The summed E-state index contributed by atoms with van der Waals surface area (Å²) in [5.74, 6) is -1.03. The van der Waals surface area contributed by atoms with Crippen molar-refractivity contribution in [3.8, 4) is 0 Å². The van der Waals surface area contributed by atoms with Crippen molar-refractivity contribution in [2.24, 2.45) is 0 Å². The van der Waals surface area contributed by atoms with Crippen molar-refractivity contribution >= 4 is 11.9 Å². The second-order valence-corrected chi connectivity index (χ2v) is 3.19. The van der Waals surface area contributed by atoms with Crippen molar-refractivity contribution in [1.82, 2.24) is 14.9 Å². The van der Waals surface area contributed by atoms with Gasteiger partial charge in [-0.3, -0.25) is 9.59 Å². The highest BCUT2D eigenvalue weighted by atomic mass is 16.4. The molecule has 1 aromatic heterocycles. The summed E-state index contributed by atoms with van der Waals surface area (Å²) in [7, 11) is 1.63. The van der Waals surface area contributed by atoms with Gasteiger partial charge in [0.1, 0.15) is 5.69 Å². The average Bonchev–Trinajstić information content (AvgIpc) is 2.68. The van der Waals surface area contributed by atoms with E-state index in [1.54, 1.807) is 7.05 Å². The maximum Gasteiger partial charge on any atom is 0.303 e. The molecule has 1 aromatic rings. The molecule has 82 valence electrons. The maximum atomic E-state index is 11.6. The van der Waals surface area contributed by atoms with Crippen molar-refractivity contribution < 1.29 is 14.7 Å². The minimum atomic E-state index is -0.850. The van der Waals surface area contributed by atoms with Crippen LogP contribution < -0.4 is 0 Å². The fourth-order valence-corrected chi connectivity index (χ4v) is 1.15. The zero-order chi connectivity index (χ0) is 11.3. The minimum Gasteiger partial charge on any atom is -0.481 e. The van der Waals surface area contributed by atoms with Crippen LogP contribution in [0.1, 0.15) is 23.3 Å². The number of carbonyl (C=O) groups excluding carboxylic acids is 1. The summed E-state index contributed by atoms with van der Waals surface area (Å²) in [5, 5.41) is 8.43. The quantitative estimate of drug-likeness (QED) is 0.735. The molecule has 0 spiro atoms. The van der Waals surface area contributed by atoms with Crippen LogP contribution in [-0.4, -0.2) is 45.4 Å². The van der Waals surface area contributed by atoms with E-state index in [1.165, 1.54) is 17.4 Å². The van der Waals surface area contributed by atoms with E-state index >= 15 is 0 Å². The molecule has 0 unspecified atom stereocenters. The van der Waals surface area contributed by atoms with E-state index in [9.17, 15) is 9.59 Å². The summed E-state index contributed by atoms with van der Waals surface area (Å²) in [5.41, 5.74) is 0.410. The largest absolute Gasteiger partial charge is 0.481 e.